The molecule has 1 fully saturated rings. The Morgan fingerprint density at radius 1 is 1.08 bits per heavy atom. The lowest BCUT2D eigenvalue weighted by molar-refractivity contribution is -0.121. The minimum atomic E-state index is -0.132. The summed E-state index contributed by atoms with van der Waals surface area (Å²) in [4.78, 5) is 26.6. The van der Waals surface area contributed by atoms with Crippen LogP contribution in [-0.2, 0) is 4.79 Å². The Hall–Kier alpha value is -2.53. The summed E-state index contributed by atoms with van der Waals surface area (Å²) in [6.45, 7) is 1.03. The number of nitrogens with zero attached hydrogens (tertiary/aromatic N) is 1. The van der Waals surface area contributed by atoms with Crippen LogP contribution in [0.15, 0.2) is 48.5 Å². The van der Waals surface area contributed by atoms with Gasteiger partial charge in [-0.3, -0.25) is 9.59 Å². The Morgan fingerprint density at radius 3 is 2.48 bits per heavy atom. The van der Waals surface area contributed by atoms with Crippen molar-refractivity contribution in [1.29, 1.82) is 0 Å². The number of carbonyl (C=O) groups is 2. The van der Waals surface area contributed by atoms with E-state index in [0.29, 0.717) is 42.2 Å². The van der Waals surface area contributed by atoms with Crippen LogP contribution in [-0.4, -0.2) is 34.9 Å². The van der Waals surface area contributed by atoms with E-state index in [-0.39, 0.29) is 23.5 Å². The van der Waals surface area contributed by atoms with E-state index < -0.39 is 0 Å². The van der Waals surface area contributed by atoms with Gasteiger partial charge in [-0.05, 0) is 49.2 Å². The Kier molecular flexibility index (Phi) is 5.24. The number of nitrogens with one attached hydrogen (secondary N) is 1. The van der Waals surface area contributed by atoms with Gasteiger partial charge in [-0.15, -0.1) is 0 Å². The minimum Gasteiger partial charge on any atom is -0.508 e. The number of phenolic OH excluding ortho intramolecular Hbond substituents is 1. The van der Waals surface area contributed by atoms with Gasteiger partial charge in [0, 0.05) is 35.3 Å². The quantitative estimate of drug-likeness (QED) is 0.881. The molecular weight excluding hydrogens is 340 g/mol. The second-order valence-electron chi connectivity index (χ2n) is 6.12. The average molecular weight is 359 g/mol. The predicted molar refractivity (Wildman–Crippen MR) is 96.8 cm³/mol. The zero-order valence-electron chi connectivity index (χ0n) is 13.6. The lowest BCUT2D eigenvalue weighted by Gasteiger charge is -2.31. The van der Waals surface area contributed by atoms with Gasteiger partial charge in [0.2, 0.25) is 5.91 Å². The number of halogens is 1. The van der Waals surface area contributed by atoms with E-state index in [1.807, 2.05) is 0 Å². The summed E-state index contributed by atoms with van der Waals surface area (Å²) in [7, 11) is 0. The van der Waals surface area contributed by atoms with Gasteiger partial charge in [-0.1, -0.05) is 23.7 Å². The third kappa shape index (κ3) is 4.31. The van der Waals surface area contributed by atoms with Crippen LogP contribution >= 0.6 is 11.6 Å². The zero-order chi connectivity index (χ0) is 17.8. The van der Waals surface area contributed by atoms with E-state index in [1.54, 1.807) is 41.3 Å². The molecule has 2 aromatic rings. The fraction of sp³-hybridized carbons (Fsp3) is 0.263. The molecule has 6 heteroatoms. The van der Waals surface area contributed by atoms with Gasteiger partial charge < -0.3 is 15.3 Å². The molecule has 0 aliphatic carbocycles. The van der Waals surface area contributed by atoms with E-state index in [9.17, 15) is 14.7 Å². The maximum absolute atomic E-state index is 12.5. The molecule has 2 aromatic carbocycles. The summed E-state index contributed by atoms with van der Waals surface area (Å²) in [5.74, 6) is -0.231. The molecule has 0 bridgehead atoms. The van der Waals surface area contributed by atoms with Crippen molar-refractivity contribution >= 4 is 29.1 Å². The molecule has 130 valence electrons. The Bertz CT molecular complexity index is 786. The Balaban J connectivity index is 1.56. The van der Waals surface area contributed by atoms with E-state index in [0.717, 1.165) is 0 Å². The lowest BCUT2D eigenvalue weighted by atomic mass is 9.95. The zero-order valence-corrected chi connectivity index (χ0v) is 14.4. The molecule has 25 heavy (non-hydrogen) atoms. The molecule has 1 saturated heterocycles. The second kappa shape index (κ2) is 7.57. The normalized spacial score (nSPS) is 15.0. The third-order valence-electron chi connectivity index (χ3n) is 4.34. The third-order valence-corrected chi connectivity index (χ3v) is 4.57. The van der Waals surface area contributed by atoms with Crippen molar-refractivity contribution in [3.05, 3.63) is 59.1 Å². The molecule has 2 amide bonds. The number of aromatic hydroxyl groups is 1. The van der Waals surface area contributed by atoms with Crippen molar-refractivity contribution in [2.45, 2.75) is 12.8 Å². The van der Waals surface area contributed by atoms with Crippen molar-refractivity contribution in [3.8, 4) is 5.75 Å². The molecule has 0 radical (unpaired) electrons. The SMILES string of the molecule is O=C(Nc1cccc(Cl)c1)C1CCN(C(=O)c2cccc(O)c2)CC1. The average Bonchev–Trinajstić information content (AvgIpc) is 2.61. The fourth-order valence-corrected chi connectivity index (χ4v) is 3.17. The van der Waals surface area contributed by atoms with Gasteiger partial charge >= 0.3 is 0 Å². The molecule has 0 aromatic heterocycles. The van der Waals surface area contributed by atoms with Crippen molar-refractivity contribution < 1.29 is 14.7 Å². The van der Waals surface area contributed by atoms with Crippen LogP contribution in [0.5, 0.6) is 5.75 Å². The first kappa shape index (κ1) is 17.3. The smallest absolute Gasteiger partial charge is 0.253 e. The topological polar surface area (TPSA) is 69.6 Å². The fourth-order valence-electron chi connectivity index (χ4n) is 2.98. The number of phenols is 1. The number of hydrogen-bond donors (Lipinski definition) is 2. The van der Waals surface area contributed by atoms with Crippen LogP contribution in [0.3, 0.4) is 0 Å². The van der Waals surface area contributed by atoms with Gasteiger partial charge in [-0.25, -0.2) is 0 Å². The number of rotatable bonds is 3. The highest BCUT2D eigenvalue weighted by atomic mass is 35.5. The molecule has 0 spiro atoms. The molecular formula is C19H19ClN2O3. The summed E-state index contributed by atoms with van der Waals surface area (Å²) in [6, 6.07) is 13.4. The summed E-state index contributed by atoms with van der Waals surface area (Å²) in [5, 5.41) is 13.0. The van der Waals surface area contributed by atoms with Crippen molar-refractivity contribution in [2.24, 2.45) is 5.92 Å². The molecule has 1 heterocycles. The number of likely N-dealkylation sites (tertiary alicyclic amines) is 1. The lowest BCUT2D eigenvalue weighted by Crippen LogP contribution is -2.41. The van der Waals surface area contributed by atoms with E-state index in [2.05, 4.69) is 5.32 Å². The van der Waals surface area contributed by atoms with Crippen LogP contribution in [0.2, 0.25) is 5.02 Å². The van der Waals surface area contributed by atoms with Gasteiger partial charge in [-0.2, -0.15) is 0 Å². The van der Waals surface area contributed by atoms with Crippen LogP contribution < -0.4 is 5.32 Å². The molecule has 1 aliphatic rings. The molecule has 3 rings (SSSR count). The van der Waals surface area contributed by atoms with Crippen LogP contribution in [0, 0.1) is 5.92 Å². The van der Waals surface area contributed by atoms with E-state index in [1.165, 1.54) is 12.1 Å². The minimum absolute atomic E-state index is 0.0493. The summed E-state index contributed by atoms with van der Waals surface area (Å²) in [6.07, 6.45) is 1.22. The molecule has 1 aliphatic heterocycles. The van der Waals surface area contributed by atoms with Gasteiger partial charge in [0.25, 0.3) is 5.91 Å². The first-order valence-electron chi connectivity index (χ1n) is 8.17. The predicted octanol–water partition coefficient (Wildman–Crippen LogP) is 3.54. The second-order valence-corrected chi connectivity index (χ2v) is 6.55. The standard InChI is InChI=1S/C19H19ClN2O3/c20-15-4-2-5-16(12-15)21-18(24)13-7-9-22(10-8-13)19(25)14-3-1-6-17(23)11-14/h1-6,11-13,23H,7-10H2,(H,21,24). The Labute approximate surface area is 151 Å². The van der Waals surface area contributed by atoms with Gasteiger partial charge in [0.05, 0.1) is 0 Å². The van der Waals surface area contributed by atoms with Gasteiger partial charge in [0.1, 0.15) is 5.75 Å². The first-order chi connectivity index (χ1) is 12.0. The molecule has 0 unspecified atom stereocenters. The van der Waals surface area contributed by atoms with Crippen LogP contribution in [0.25, 0.3) is 0 Å². The molecule has 0 atom stereocenters. The number of carbonyl (C=O) groups excluding carboxylic acids is 2. The molecule has 2 N–H and O–H groups in total. The van der Waals surface area contributed by atoms with Crippen molar-refractivity contribution in [3.63, 3.8) is 0 Å². The molecule has 5 nitrogen and oxygen atoms in total. The van der Waals surface area contributed by atoms with E-state index in [4.69, 9.17) is 11.6 Å². The first-order valence-corrected chi connectivity index (χ1v) is 8.55. The summed E-state index contributed by atoms with van der Waals surface area (Å²) in [5.41, 5.74) is 1.14. The van der Waals surface area contributed by atoms with Gasteiger partial charge in [0.15, 0.2) is 0 Å². The van der Waals surface area contributed by atoms with E-state index >= 15 is 0 Å². The maximum atomic E-state index is 12.5. The number of benzene rings is 2. The number of anilines is 1. The summed E-state index contributed by atoms with van der Waals surface area (Å²) >= 11 is 5.92. The number of hydrogen-bond acceptors (Lipinski definition) is 3. The number of amides is 2. The molecule has 0 saturated carbocycles. The van der Waals surface area contributed by atoms with Crippen molar-refractivity contribution in [2.75, 3.05) is 18.4 Å². The number of piperidine rings is 1. The van der Waals surface area contributed by atoms with Crippen LogP contribution in [0.4, 0.5) is 5.69 Å². The highest BCUT2D eigenvalue weighted by Gasteiger charge is 2.28. The van der Waals surface area contributed by atoms with Crippen LogP contribution in [0.1, 0.15) is 23.2 Å². The Morgan fingerprint density at radius 2 is 1.80 bits per heavy atom. The maximum Gasteiger partial charge on any atom is 0.253 e. The van der Waals surface area contributed by atoms with Crippen molar-refractivity contribution in [1.82, 2.24) is 4.90 Å². The largest absolute Gasteiger partial charge is 0.508 e. The highest BCUT2D eigenvalue weighted by Crippen LogP contribution is 2.23. The summed E-state index contributed by atoms with van der Waals surface area (Å²) < 4.78 is 0. The monoisotopic (exact) mass is 358 g/mol. The highest BCUT2D eigenvalue weighted by molar-refractivity contribution is 6.30.